The summed E-state index contributed by atoms with van der Waals surface area (Å²) in [6.07, 6.45) is 8.09. The summed E-state index contributed by atoms with van der Waals surface area (Å²) >= 11 is 1.59. The highest BCUT2D eigenvalue weighted by Gasteiger charge is 2.24. The number of nitrogen functional groups attached to an aromatic ring is 1. The molecule has 0 radical (unpaired) electrons. The minimum absolute atomic E-state index is 0.376. The van der Waals surface area contributed by atoms with Gasteiger partial charge in [-0.25, -0.2) is 0 Å². The van der Waals surface area contributed by atoms with Gasteiger partial charge in [0.15, 0.2) is 5.75 Å². The molecule has 4 heteroatoms. The summed E-state index contributed by atoms with van der Waals surface area (Å²) in [6.45, 7) is 0. The number of rotatable bonds is 3. The number of pyridine rings is 1. The molecule has 1 aromatic heterocycles. The van der Waals surface area contributed by atoms with Crippen LogP contribution in [0.5, 0.6) is 5.75 Å². The van der Waals surface area contributed by atoms with Crippen molar-refractivity contribution in [3.63, 3.8) is 0 Å². The number of thioether (sulfide) groups is 1. The Labute approximate surface area is 81.7 Å². The molecular formula is C9H12N2OS. The molecule has 1 fully saturated rings. The van der Waals surface area contributed by atoms with Crippen LogP contribution in [0.1, 0.15) is 12.8 Å². The van der Waals surface area contributed by atoms with E-state index in [1.165, 1.54) is 0 Å². The summed E-state index contributed by atoms with van der Waals surface area (Å²) in [5.41, 5.74) is 6.60. The molecule has 1 saturated carbocycles. The molecule has 2 rings (SSSR count). The van der Waals surface area contributed by atoms with E-state index in [0.29, 0.717) is 6.10 Å². The minimum Gasteiger partial charge on any atom is -0.487 e. The Morgan fingerprint density at radius 1 is 1.54 bits per heavy atom. The summed E-state index contributed by atoms with van der Waals surface area (Å²) in [5.74, 6) is 0.731. The molecule has 0 bridgehead atoms. The number of hydrogen-bond acceptors (Lipinski definition) is 4. The molecule has 0 atom stereocenters. The van der Waals surface area contributed by atoms with Crippen molar-refractivity contribution in [3.8, 4) is 5.75 Å². The van der Waals surface area contributed by atoms with Crippen LogP contribution in [0.3, 0.4) is 0 Å². The molecule has 1 aliphatic carbocycles. The van der Waals surface area contributed by atoms with Gasteiger partial charge in [0, 0.05) is 6.20 Å². The molecule has 0 aliphatic heterocycles. The van der Waals surface area contributed by atoms with Gasteiger partial charge in [-0.2, -0.15) is 0 Å². The molecule has 3 nitrogen and oxygen atoms in total. The third-order valence-electron chi connectivity index (χ3n) is 1.95. The normalized spacial score (nSPS) is 15.8. The van der Waals surface area contributed by atoms with E-state index in [2.05, 4.69) is 4.98 Å². The van der Waals surface area contributed by atoms with E-state index >= 15 is 0 Å². The first-order chi connectivity index (χ1) is 6.31. The van der Waals surface area contributed by atoms with Gasteiger partial charge in [0.2, 0.25) is 0 Å². The molecule has 70 valence electrons. The van der Waals surface area contributed by atoms with Crippen LogP contribution in [0.15, 0.2) is 17.3 Å². The molecule has 2 N–H and O–H groups in total. The first kappa shape index (κ1) is 8.69. The van der Waals surface area contributed by atoms with Crippen molar-refractivity contribution in [2.45, 2.75) is 23.8 Å². The first-order valence-electron chi connectivity index (χ1n) is 4.25. The van der Waals surface area contributed by atoms with Crippen molar-refractivity contribution in [2.75, 3.05) is 12.0 Å². The van der Waals surface area contributed by atoms with Gasteiger partial charge in [-0.05, 0) is 19.1 Å². The minimum atomic E-state index is 0.376. The van der Waals surface area contributed by atoms with Gasteiger partial charge in [-0.3, -0.25) is 4.98 Å². The topological polar surface area (TPSA) is 48.1 Å². The van der Waals surface area contributed by atoms with Gasteiger partial charge in [-0.15, -0.1) is 11.8 Å². The summed E-state index contributed by atoms with van der Waals surface area (Å²) in [5, 5.41) is 0. The Morgan fingerprint density at radius 3 is 2.92 bits per heavy atom. The zero-order valence-corrected chi connectivity index (χ0v) is 8.30. The fourth-order valence-electron chi connectivity index (χ4n) is 1.06. The Bertz CT molecular complexity index is 312. The smallest absolute Gasteiger partial charge is 0.162 e. The van der Waals surface area contributed by atoms with E-state index in [1.807, 2.05) is 6.26 Å². The number of nitrogens with zero attached hydrogens (tertiary/aromatic N) is 1. The van der Waals surface area contributed by atoms with Crippen LogP contribution in [0, 0.1) is 0 Å². The van der Waals surface area contributed by atoms with Crippen LogP contribution in [-0.4, -0.2) is 17.3 Å². The van der Waals surface area contributed by atoms with E-state index in [1.54, 1.807) is 24.2 Å². The van der Waals surface area contributed by atoms with Gasteiger partial charge >= 0.3 is 0 Å². The number of ether oxygens (including phenoxy) is 1. The van der Waals surface area contributed by atoms with Gasteiger partial charge in [0.05, 0.1) is 22.9 Å². The molecule has 0 saturated heterocycles. The maximum absolute atomic E-state index is 5.88. The predicted molar refractivity (Wildman–Crippen MR) is 54.1 cm³/mol. The maximum atomic E-state index is 5.88. The lowest BCUT2D eigenvalue weighted by molar-refractivity contribution is 0.303. The van der Waals surface area contributed by atoms with Crippen LogP contribution < -0.4 is 10.5 Å². The van der Waals surface area contributed by atoms with Crippen molar-refractivity contribution >= 4 is 17.4 Å². The lowest BCUT2D eigenvalue weighted by Crippen LogP contribution is -2.01. The van der Waals surface area contributed by atoms with E-state index in [0.717, 1.165) is 29.2 Å². The maximum Gasteiger partial charge on any atom is 0.162 e. The monoisotopic (exact) mass is 196 g/mol. The van der Waals surface area contributed by atoms with Crippen molar-refractivity contribution in [1.29, 1.82) is 0 Å². The SMILES string of the molecule is CSc1cncc(OC2CC2)c1N. The molecule has 13 heavy (non-hydrogen) atoms. The van der Waals surface area contributed by atoms with Crippen LogP contribution in [-0.2, 0) is 0 Å². The summed E-state index contributed by atoms with van der Waals surface area (Å²) in [7, 11) is 0. The van der Waals surface area contributed by atoms with E-state index in [4.69, 9.17) is 10.5 Å². The highest BCUT2D eigenvalue weighted by atomic mass is 32.2. The van der Waals surface area contributed by atoms with Gasteiger partial charge in [0.25, 0.3) is 0 Å². The lowest BCUT2D eigenvalue weighted by atomic mass is 10.4. The fraction of sp³-hybridized carbons (Fsp3) is 0.444. The number of anilines is 1. The van der Waals surface area contributed by atoms with Crippen molar-refractivity contribution < 1.29 is 4.74 Å². The van der Waals surface area contributed by atoms with Crippen molar-refractivity contribution in [1.82, 2.24) is 4.98 Å². The van der Waals surface area contributed by atoms with Crippen LogP contribution in [0.25, 0.3) is 0 Å². The number of aromatic nitrogens is 1. The number of hydrogen-bond donors (Lipinski definition) is 1. The second-order valence-corrected chi connectivity index (χ2v) is 3.92. The Balaban J connectivity index is 2.22. The second-order valence-electron chi connectivity index (χ2n) is 3.07. The number of nitrogens with two attached hydrogens (primary N) is 1. The zero-order valence-electron chi connectivity index (χ0n) is 7.49. The molecule has 0 amide bonds. The highest BCUT2D eigenvalue weighted by Crippen LogP contribution is 2.34. The van der Waals surface area contributed by atoms with E-state index < -0.39 is 0 Å². The summed E-state index contributed by atoms with van der Waals surface area (Å²) in [4.78, 5) is 5.06. The van der Waals surface area contributed by atoms with E-state index in [9.17, 15) is 0 Å². The van der Waals surface area contributed by atoms with Gasteiger partial charge in [0.1, 0.15) is 0 Å². The van der Waals surface area contributed by atoms with Gasteiger partial charge in [-0.1, -0.05) is 0 Å². The third kappa shape index (κ3) is 1.88. The Morgan fingerprint density at radius 2 is 2.31 bits per heavy atom. The van der Waals surface area contributed by atoms with Crippen LogP contribution >= 0.6 is 11.8 Å². The average Bonchev–Trinajstić information content (AvgIpc) is 2.92. The molecule has 1 aliphatic rings. The zero-order chi connectivity index (χ0) is 9.26. The van der Waals surface area contributed by atoms with Crippen molar-refractivity contribution in [2.24, 2.45) is 0 Å². The summed E-state index contributed by atoms with van der Waals surface area (Å²) < 4.78 is 5.60. The van der Waals surface area contributed by atoms with Gasteiger partial charge < -0.3 is 10.5 Å². The molecule has 0 unspecified atom stereocenters. The molecule has 1 heterocycles. The first-order valence-corrected chi connectivity index (χ1v) is 5.48. The lowest BCUT2D eigenvalue weighted by Gasteiger charge is -2.09. The molecule has 0 aromatic carbocycles. The third-order valence-corrected chi connectivity index (χ3v) is 2.72. The Kier molecular flexibility index (Phi) is 2.31. The largest absolute Gasteiger partial charge is 0.487 e. The highest BCUT2D eigenvalue weighted by molar-refractivity contribution is 7.98. The standard InChI is InChI=1S/C9H12N2OS/c1-13-8-5-11-4-7(9(8)10)12-6-2-3-6/h4-6H,2-3H2,1H3,(H2,10,11). The fourth-order valence-corrected chi connectivity index (χ4v) is 1.54. The van der Waals surface area contributed by atoms with E-state index in [-0.39, 0.29) is 0 Å². The molecule has 0 spiro atoms. The molecule has 1 aromatic rings. The Hall–Kier alpha value is -0.900. The van der Waals surface area contributed by atoms with Crippen LogP contribution in [0.2, 0.25) is 0 Å². The van der Waals surface area contributed by atoms with Crippen molar-refractivity contribution in [3.05, 3.63) is 12.4 Å². The molecular weight excluding hydrogens is 184 g/mol. The van der Waals surface area contributed by atoms with Crippen LogP contribution in [0.4, 0.5) is 5.69 Å². The average molecular weight is 196 g/mol. The second kappa shape index (κ2) is 3.46. The predicted octanol–water partition coefficient (Wildman–Crippen LogP) is 1.93. The summed E-state index contributed by atoms with van der Waals surface area (Å²) in [6, 6.07) is 0. The quantitative estimate of drug-likeness (QED) is 0.750.